The van der Waals surface area contributed by atoms with Crippen molar-refractivity contribution in [2.75, 3.05) is 31.1 Å². The number of hydrogen-bond donors (Lipinski definition) is 1. The number of carbonyl (C=O) groups is 3. The van der Waals surface area contributed by atoms with Crippen molar-refractivity contribution in [2.45, 2.75) is 61.1 Å². The van der Waals surface area contributed by atoms with Crippen LogP contribution >= 0.6 is 23.4 Å². The Kier molecular flexibility index (Phi) is 9.93. The zero-order chi connectivity index (χ0) is 31.5. The molecule has 3 heterocycles. The Morgan fingerprint density at radius 2 is 1.73 bits per heavy atom. The molecule has 3 aliphatic rings. The molecule has 5 rings (SSSR count). The molecule has 1 spiro atoms. The number of halogens is 1. The number of likely N-dealkylation sites (tertiary alicyclic amines) is 1. The van der Waals surface area contributed by atoms with Crippen molar-refractivity contribution in [2.24, 2.45) is 11.8 Å². The molecule has 3 amide bonds. The number of aliphatic hydroxyl groups excluding tert-OH is 1. The van der Waals surface area contributed by atoms with Gasteiger partial charge in [0.2, 0.25) is 11.8 Å². The Bertz CT molecular complexity index is 1410. The van der Waals surface area contributed by atoms with Gasteiger partial charge in [0.1, 0.15) is 6.04 Å². The van der Waals surface area contributed by atoms with E-state index in [1.165, 1.54) is 0 Å². The second-order valence-electron chi connectivity index (χ2n) is 12.2. The Labute approximate surface area is 269 Å². The molecule has 5 atom stereocenters. The van der Waals surface area contributed by atoms with Crippen LogP contribution in [0.1, 0.15) is 44.6 Å². The lowest BCUT2D eigenvalue weighted by Gasteiger charge is -2.38. The predicted octanol–water partition coefficient (Wildman–Crippen LogP) is 5.72. The quantitative estimate of drug-likeness (QED) is 0.212. The number of carbonyl (C=O) groups excluding carboxylic acids is 3. The molecule has 9 heteroatoms. The first kappa shape index (κ1) is 32.3. The van der Waals surface area contributed by atoms with E-state index in [0.717, 1.165) is 18.4 Å². The van der Waals surface area contributed by atoms with Crippen LogP contribution in [0.2, 0.25) is 5.02 Å². The number of aliphatic hydroxyl groups is 1. The van der Waals surface area contributed by atoms with Crippen molar-refractivity contribution in [1.82, 2.24) is 9.80 Å². The average Bonchev–Trinajstić information content (AvgIpc) is 3.58. The molecule has 2 bridgehead atoms. The van der Waals surface area contributed by atoms with E-state index < -0.39 is 27.4 Å². The van der Waals surface area contributed by atoms with Gasteiger partial charge in [-0.15, -0.1) is 24.9 Å². The lowest BCUT2D eigenvalue weighted by atomic mass is 9.66. The Balaban J connectivity index is 1.55. The Morgan fingerprint density at radius 3 is 2.41 bits per heavy atom. The highest BCUT2D eigenvalue weighted by Crippen LogP contribution is 2.71. The van der Waals surface area contributed by atoms with Gasteiger partial charge >= 0.3 is 0 Å². The first-order chi connectivity index (χ1) is 21.2. The molecule has 1 N–H and O–H groups in total. The molecule has 0 aliphatic carbocycles. The molecule has 0 aromatic heterocycles. The van der Waals surface area contributed by atoms with Gasteiger partial charge in [0.15, 0.2) is 0 Å². The maximum atomic E-state index is 14.8. The molecule has 2 aromatic rings. The fraction of sp³-hybridized carbons (Fsp3) is 0.457. The Hall–Kier alpha value is -3.07. The topological polar surface area (TPSA) is 81.2 Å². The van der Waals surface area contributed by atoms with Crippen molar-refractivity contribution in [3.63, 3.8) is 0 Å². The van der Waals surface area contributed by atoms with E-state index in [1.807, 2.05) is 48.5 Å². The van der Waals surface area contributed by atoms with Crippen LogP contribution in [0.25, 0.3) is 0 Å². The largest absolute Gasteiger partial charge is 0.396 e. The summed E-state index contributed by atoms with van der Waals surface area (Å²) in [6, 6.07) is 16.3. The molecule has 2 aromatic carbocycles. The maximum absolute atomic E-state index is 14.8. The van der Waals surface area contributed by atoms with Crippen molar-refractivity contribution < 1.29 is 19.5 Å². The van der Waals surface area contributed by atoms with Gasteiger partial charge in [-0.3, -0.25) is 14.4 Å². The standard InChI is InChI=1S/C35H42ClN3O4S/c1-4-20-37(24-25-14-8-6-9-15-25)31(41)28-29-32(42)39(22-12-7-13-23-40)30(35(29)19-18-34(28,3)44-35)33(43)38(21-5-2)27-17-11-10-16-26(27)36/h4-6,8-11,14-17,28-30,40H,1-2,7,12-13,18-24H2,3H3/t28-,29+,30?,34+,35?/m1/s1. The van der Waals surface area contributed by atoms with Crippen molar-refractivity contribution in [3.05, 3.63) is 90.5 Å². The zero-order valence-corrected chi connectivity index (χ0v) is 26.9. The van der Waals surface area contributed by atoms with Gasteiger partial charge in [-0.1, -0.05) is 66.2 Å². The third-order valence-electron chi connectivity index (χ3n) is 9.43. The smallest absolute Gasteiger partial charge is 0.251 e. The third-order valence-corrected chi connectivity index (χ3v) is 11.7. The van der Waals surface area contributed by atoms with Crippen LogP contribution in [0.15, 0.2) is 79.9 Å². The highest BCUT2D eigenvalue weighted by Gasteiger charge is 2.77. The lowest BCUT2D eigenvalue weighted by molar-refractivity contribution is -0.145. The molecule has 234 valence electrons. The maximum Gasteiger partial charge on any atom is 0.251 e. The number of fused-ring (bicyclic) bond motifs is 1. The van der Waals surface area contributed by atoms with Gasteiger partial charge in [-0.2, -0.15) is 0 Å². The van der Waals surface area contributed by atoms with Crippen LogP contribution < -0.4 is 4.90 Å². The molecule has 2 unspecified atom stereocenters. The number of thioether (sulfide) groups is 1. The number of nitrogens with zero attached hydrogens (tertiary/aromatic N) is 3. The molecular formula is C35H42ClN3O4S. The molecule has 44 heavy (non-hydrogen) atoms. The molecule has 3 saturated heterocycles. The van der Waals surface area contributed by atoms with E-state index in [-0.39, 0.29) is 30.9 Å². The average molecular weight is 636 g/mol. The summed E-state index contributed by atoms with van der Waals surface area (Å²) < 4.78 is -1.23. The fourth-order valence-electron chi connectivity index (χ4n) is 7.54. The normalized spacial score (nSPS) is 26.8. The van der Waals surface area contributed by atoms with Crippen LogP contribution in [-0.2, 0) is 20.9 Å². The van der Waals surface area contributed by atoms with Gasteiger partial charge in [-0.25, -0.2) is 0 Å². The summed E-state index contributed by atoms with van der Waals surface area (Å²) in [5.74, 6) is -1.58. The highest BCUT2D eigenvalue weighted by atomic mass is 35.5. The molecule has 0 radical (unpaired) electrons. The number of benzene rings is 2. The van der Waals surface area contributed by atoms with Gasteiger partial charge in [-0.05, 0) is 56.7 Å². The van der Waals surface area contributed by atoms with Gasteiger partial charge < -0.3 is 19.8 Å². The van der Waals surface area contributed by atoms with Crippen LogP contribution in [0.3, 0.4) is 0 Å². The summed E-state index contributed by atoms with van der Waals surface area (Å²) in [5.41, 5.74) is 1.58. The monoisotopic (exact) mass is 635 g/mol. The molecular weight excluding hydrogens is 594 g/mol. The van der Waals surface area contributed by atoms with Crippen LogP contribution in [-0.4, -0.2) is 74.4 Å². The lowest BCUT2D eigenvalue weighted by Crippen LogP contribution is -2.55. The minimum atomic E-state index is -0.753. The number of anilines is 1. The summed E-state index contributed by atoms with van der Waals surface area (Å²) >= 11 is 8.27. The number of para-hydroxylation sites is 1. The fourth-order valence-corrected chi connectivity index (χ4v) is 10.1. The van der Waals surface area contributed by atoms with E-state index in [4.69, 9.17) is 11.6 Å². The van der Waals surface area contributed by atoms with E-state index in [0.29, 0.717) is 49.6 Å². The number of unbranched alkanes of at least 4 members (excludes halogenated alkanes) is 2. The number of rotatable bonds is 14. The van der Waals surface area contributed by atoms with Gasteiger partial charge in [0.25, 0.3) is 5.91 Å². The minimum Gasteiger partial charge on any atom is -0.396 e. The molecule has 3 fully saturated rings. The van der Waals surface area contributed by atoms with E-state index in [2.05, 4.69) is 20.1 Å². The third kappa shape index (κ3) is 5.72. The van der Waals surface area contributed by atoms with Crippen LogP contribution in [0.4, 0.5) is 5.69 Å². The van der Waals surface area contributed by atoms with Crippen molar-refractivity contribution in [1.29, 1.82) is 0 Å². The second kappa shape index (κ2) is 13.5. The van der Waals surface area contributed by atoms with Gasteiger partial charge in [0, 0.05) is 37.5 Å². The minimum absolute atomic E-state index is 0.0638. The van der Waals surface area contributed by atoms with E-state index in [9.17, 15) is 19.5 Å². The second-order valence-corrected chi connectivity index (χ2v) is 14.5. The van der Waals surface area contributed by atoms with Gasteiger partial charge in [0.05, 0.1) is 27.3 Å². The van der Waals surface area contributed by atoms with E-state index in [1.54, 1.807) is 44.7 Å². The summed E-state index contributed by atoms with van der Waals surface area (Å²) in [7, 11) is 0. The van der Waals surface area contributed by atoms with Crippen molar-refractivity contribution in [3.8, 4) is 0 Å². The molecule has 0 saturated carbocycles. The van der Waals surface area contributed by atoms with Crippen molar-refractivity contribution >= 4 is 46.8 Å². The predicted molar refractivity (Wildman–Crippen MR) is 177 cm³/mol. The first-order valence-electron chi connectivity index (χ1n) is 15.4. The highest BCUT2D eigenvalue weighted by molar-refractivity contribution is 8.02. The summed E-state index contributed by atoms with van der Waals surface area (Å²) in [5, 5.41) is 9.80. The first-order valence-corrected chi connectivity index (χ1v) is 16.6. The summed E-state index contributed by atoms with van der Waals surface area (Å²) in [4.78, 5) is 49.1. The summed E-state index contributed by atoms with van der Waals surface area (Å²) in [6.45, 7) is 11.4. The molecule has 3 aliphatic heterocycles. The van der Waals surface area contributed by atoms with E-state index >= 15 is 0 Å². The zero-order valence-electron chi connectivity index (χ0n) is 25.4. The summed E-state index contributed by atoms with van der Waals surface area (Å²) in [6.07, 6.45) is 6.82. The Morgan fingerprint density at radius 1 is 1.02 bits per heavy atom. The number of amides is 3. The SMILES string of the molecule is C=CCN(Cc1ccccc1)C(=O)[C@H]1[C@H]2C(=O)N(CCCCCO)C(C(=O)N(CC=C)c3ccccc3Cl)C23CC[C@]1(C)S3. The van der Waals surface area contributed by atoms with Crippen LogP contribution in [0, 0.1) is 11.8 Å². The van der Waals surface area contributed by atoms with Crippen LogP contribution in [0.5, 0.6) is 0 Å². The number of hydrogen-bond acceptors (Lipinski definition) is 5. The molecule has 7 nitrogen and oxygen atoms in total.